The highest BCUT2D eigenvalue weighted by atomic mass is 16.5. The zero-order valence-electron chi connectivity index (χ0n) is 8.57. The van der Waals surface area contributed by atoms with Gasteiger partial charge >= 0.3 is 0 Å². The van der Waals surface area contributed by atoms with Crippen molar-refractivity contribution in [3.8, 4) is 0 Å². The first-order valence-electron chi connectivity index (χ1n) is 5.14. The Morgan fingerprint density at radius 1 is 1.57 bits per heavy atom. The first-order valence-corrected chi connectivity index (χ1v) is 5.14. The zero-order valence-corrected chi connectivity index (χ0v) is 8.57. The maximum atomic E-state index is 6.34. The molecule has 1 fully saturated rings. The van der Waals surface area contributed by atoms with Gasteiger partial charge in [-0.25, -0.2) is 4.98 Å². The van der Waals surface area contributed by atoms with E-state index >= 15 is 0 Å². The van der Waals surface area contributed by atoms with Crippen molar-refractivity contribution < 1.29 is 4.74 Å². The molecule has 4 nitrogen and oxygen atoms in total. The summed E-state index contributed by atoms with van der Waals surface area (Å²) in [7, 11) is 0. The lowest BCUT2D eigenvalue weighted by Crippen LogP contribution is -2.44. The number of aromatic nitrogens is 2. The quantitative estimate of drug-likeness (QED) is 0.761. The highest BCUT2D eigenvalue weighted by Crippen LogP contribution is 2.27. The van der Waals surface area contributed by atoms with Crippen LogP contribution in [0.3, 0.4) is 0 Å². The molecule has 2 rings (SSSR count). The second-order valence-electron chi connectivity index (χ2n) is 3.81. The van der Waals surface area contributed by atoms with E-state index in [-0.39, 0.29) is 5.54 Å². The van der Waals surface area contributed by atoms with Gasteiger partial charge in [-0.3, -0.25) is 0 Å². The van der Waals surface area contributed by atoms with Crippen LogP contribution in [0.2, 0.25) is 0 Å². The Morgan fingerprint density at radius 3 is 2.93 bits per heavy atom. The molecule has 14 heavy (non-hydrogen) atoms. The summed E-state index contributed by atoms with van der Waals surface area (Å²) < 4.78 is 7.44. The maximum absolute atomic E-state index is 6.34. The van der Waals surface area contributed by atoms with Crippen LogP contribution in [-0.2, 0) is 16.8 Å². The predicted molar refractivity (Wildman–Crippen MR) is 53.8 cm³/mol. The molecule has 0 saturated carbocycles. The number of nitrogens with zero attached hydrogens (tertiary/aromatic N) is 2. The van der Waals surface area contributed by atoms with E-state index in [1.807, 2.05) is 12.4 Å². The fourth-order valence-corrected chi connectivity index (χ4v) is 1.96. The van der Waals surface area contributed by atoms with E-state index in [0.717, 1.165) is 38.4 Å². The minimum atomic E-state index is -0.280. The molecule has 1 aromatic rings. The van der Waals surface area contributed by atoms with Gasteiger partial charge in [0.05, 0.1) is 5.54 Å². The minimum absolute atomic E-state index is 0.280. The van der Waals surface area contributed by atoms with Crippen LogP contribution in [0, 0.1) is 0 Å². The van der Waals surface area contributed by atoms with Crippen LogP contribution >= 0.6 is 0 Å². The Bertz CT molecular complexity index is 302. The fourth-order valence-electron chi connectivity index (χ4n) is 1.96. The molecule has 0 unspecified atom stereocenters. The summed E-state index contributed by atoms with van der Waals surface area (Å²) in [5.41, 5.74) is 6.06. The summed E-state index contributed by atoms with van der Waals surface area (Å²) in [6.07, 6.45) is 5.54. The highest BCUT2D eigenvalue weighted by Gasteiger charge is 2.33. The summed E-state index contributed by atoms with van der Waals surface area (Å²) in [6, 6.07) is 0. The number of aryl methyl sites for hydroxylation is 1. The lowest BCUT2D eigenvalue weighted by atomic mass is 9.90. The summed E-state index contributed by atoms with van der Waals surface area (Å²) in [5, 5.41) is 0. The zero-order chi connectivity index (χ0) is 10.0. The second kappa shape index (κ2) is 3.71. The van der Waals surface area contributed by atoms with E-state index < -0.39 is 0 Å². The van der Waals surface area contributed by atoms with Gasteiger partial charge in [-0.15, -0.1) is 0 Å². The lowest BCUT2D eigenvalue weighted by Gasteiger charge is -2.32. The van der Waals surface area contributed by atoms with Crippen molar-refractivity contribution in [3.63, 3.8) is 0 Å². The maximum Gasteiger partial charge on any atom is 0.128 e. The smallest absolute Gasteiger partial charge is 0.128 e. The summed E-state index contributed by atoms with van der Waals surface area (Å²) >= 11 is 0. The number of nitrogens with two attached hydrogens (primary N) is 1. The molecule has 2 N–H and O–H groups in total. The standard InChI is InChI=1S/C10H17N3O/c1-2-13-6-5-12-9(13)10(11)3-7-14-8-4-10/h5-6H,2-4,7-8,11H2,1H3. The van der Waals surface area contributed by atoms with Crippen molar-refractivity contribution in [2.24, 2.45) is 5.73 Å². The van der Waals surface area contributed by atoms with Crippen molar-refractivity contribution >= 4 is 0 Å². The largest absolute Gasteiger partial charge is 0.381 e. The average Bonchev–Trinajstić information content (AvgIpc) is 2.67. The predicted octanol–water partition coefficient (Wildman–Crippen LogP) is 0.867. The number of rotatable bonds is 2. The fraction of sp³-hybridized carbons (Fsp3) is 0.700. The van der Waals surface area contributed by atoms with Crippen LogP contribution in [0.15, 0.2) is 12.4 Å². The van der Waals surface area contributed by atoms with Crippen LogP contribution in [-0.4, -0.2) is 22.8 Å². The molecule has 1 aliphatic rings. The lowest BCUT2D eigenvalue weighted by molar-refractivity contribution is 0.0480. The van der Waals surface area contributed by atoms with Gasteiger partial charge in [0, 0.05) is 32.2 Å². The van der Waals surface area contributed by atoms with Gasteiger partial charge < -0.3 is 15.0 Å². The van der Waals surface area contributed by atoms with Crippen LogP contribution in [0.25, 0.3) is 0 Å². The number of hydrogen-bond donors (Lipinski definition) is 1. The van der Waals surface area contributed by atoms with E-state index in [1.165, 1.54) is 0 Å². The van der Waals surface area contributed by atoms with Gasteiger partial charge in [0.2, 0.25) is 0 Å². The molecule has 78 valence electrons. The van der Waals surface area contributed by atoms with E-state index in [1.54, 1.807) is 0 Å². The van der Waals surface area contributed by atoms with E-state index in [0.29, 0.717) is 0 Å². The molecule has 1 aliphatic heterocycles. The van der Waals surface area contributed by atoms with Gasteiger partial charge in [-0.2, -0.15) is 0 Å². The van der Waals surface area contributed by atoms with E-state index in [9.17, 15) is 0 Å². The first-order chi connectivity index (χ1) is 6.76. The highest BCUT2D eigenvalue weighted by molar-refractivity contribution is 5.08. The van der Waals surface area contributed by atoms with Crippen LogP contribution in [0.1, 0.15) is 25.6 Å². The Morgan fingerprint density at radius 2 is 2.29 bits per heavy atom. The summed E-state index contributed by atoms with van der Waals surface area (Å²) in [4.78, 5) is 4.36. The topological polar surface area (TPSA) is 53.1 Å². The van der Waals surface area contributed by atoms with Crippen LogP contribution in [0.5, 0.6) is 0 Å². The minimum Gasteiger partial charge on any atom is -0.381 e. The number of ether oxygens (including phenoxy) is 1. The summed E-state index contributed by atoms with van der Waals surface area (Å²) in [6.45, 7) is 4.52. The van der Waals surface area contributed by atoms with Crippen LogP contribution < -0.4 is 5.73 Å². The van der Waals surface area contributed by atoms with E-state index in [4.69, 9.17) is 10.5 Å². The molecule has 1 aromatic heterocycles. The Kier molecular flexibility index (Phi) is 2.56. The molecule has 0 radical (unpaired) electrons. The summed E-state index contributed by atoms with van der Waals surface area (Å²) in [5.74, 6) is 1.00. The normalized spacial score (nSPS) is 21.0. The number of imidazole rings is 1. The average molecular weight is 195 g/mol. The molecule has 0 aliphatic carbocycles. The van der Waals surface area contributed by atoms with Gasteiger partial charge in [0.1, 0.15) is 5.82 Å². The molecule has 1 saturated heterocycles. The van der Waals surface area contributed by atoms with Crippen molar-refractivity contribution in [3.05, 3.63) is 18.2 Å². The van der Waals surface area contributed by atoms with Crippen molar-refractivity contribution in [2.75, 3.05) is 13.2 Å². The first kappa shape index (κ1) is 9.68. The molecule has 2 heterocycles. The van der Waals surface area contributed by atoms with Gasteiger partial charge in [-0.05, 0) is 19.8 Å². The monoisotopic (exact) mass is 195 g/mol. The van der Waals surface area contributed by atoms with Crippen molar-refractivity contribution in [1.29, 1.82) is 0 Å². The van der Waals surface area contributed by atoms with Crippen molar-refractivity contribution in [1.82, 2.24) is 9.55 Å². The van der Waals surface area contributed by atoms with Gasteiger partial charge in [0.25, 0.3) is 0 Å². The molecule has 4 heteroatoms. The third-order valence-electron chi connectivity index (χ3n) is 2.89. The van der Waals surface area contributed by atoms with Crippen molar-refractivity contribution in [2.45, 2.75) is 31.8 Å². The van der Waals surface area contributed by atoms with Crippen LogP contribution in [0.4, 0.5) is 0 Å². The van der Waals surface area contributed by atoms with E-state index in [2.05, 4.69) is 16.5 Å². The molecular formula is C10H17N3O. The van der Waals surface area contributed by atoms with Gasteiger partial charge in [-0.1, -0.05) is 0 Å². The molecule has 0 atom stereocenters. The molecule has 0 bridgehead atoms. The SMILES string of the molecule is CCn1ccnc1C1(N)CCOCC1. The Hall–Kier alpha value is -0.870. The number of hydrogen-bond acceptors (Lipinski definition) is 3. The molecule has 0 aromatic carbocycles. The Labute approximate surface area is 84.1 Å². The molecule has 0 amide bonds. The molecule has 0 spiro atoms. The van der Waals surface area contributed by atoms with Gasteiger partial charge in [0.15, 0.2) is 0 Å². The Balaban J connectivity index is 2.27. The second-order valence-corrected chi connectivity index (χ2v) is 3.81. The third kappa shape index (κ3) is 1.55. The third-order valence-corrected chi connectivity index (χ3v) is 2.89. The molecular weight excluding hydrogens is 178 g/mol.